The van der Waals surface area contributed by atoms with Gasteiger partial charge in [-0.05, 0) is 24.6 Å². The normalized spacial score (nSPS) is 12.2. The van der Waals surface area contributed by atoms with E-state index in [1.54, 1.807) is 12.1 Å². The molecule has 0 saturated carbocycles. The number of hydrogen-bond acceptors (Lipinski definition) is 3. The summed E-state index contributed by atoms with van der Waals surface area (Å²) in [6.07, 6.45) is 0.717. The zero-order valence-electron chi connectivity index (χ0n) is 10.2. The summed E-state index contributed by atoms with van der Waals surface area (Å²) in [6, 6.07) is 4.82. The van der Waals surface area contributed by atoms with Gasteiger partial charge in [-0.3, -0.25) is 4.79 Å². The van der Waals surface area contributed by atoms with E-state index in [1.165, 1.54) is 13.2 Å². The topological polar surface area (TPSA) is 52.3 Å². The van der Waals surface area contributed by atoms with Crippen LogP contribution in [0.4, 0.5) is 4.39 Å². The van der Waals surface area contributed by atoms with E-state index in [4.69, 9.17) is 10.5 Å². The number of carbonyl (C=O) groups excluding carboxylic acids is 1. The molecule has 1 aromatic carbocycles. The number of carbonyl (C=O) groups is 1. The second-order valence-electron chi connectivity index (χ2n) is 4.05. The Morgan fingerprint density at radius 1 is 1.53 bits per heavy atom. The van der Waals surface area contributed by atoms with Gasteiger partial charge >= 0.3 is 0 Å². The molecule has 4 heteroatoms. The van der Waals surface area contributed by atoms with Gasteiger partial charge in [-0.1, -0.05) is 19.1 Å². The van der Waals surface area contributed by atoms with Crippen LogP contribution in [-0.2, 0) is 11.2 Å². The first-order valence-corrected chi connectivity index (χ1v) is 5.64. The van der Waals surface area contributed by atoms with Crippen LogP contribution in [0.2, 0.25) is 0 Å². The Bertz CT molecular complexity index is 393. The third kappa shape index (κ3) is 3.53. The number of rotatable bonds is 6. The van der Waals surface area contributed by atoms with Crippen LogP contribution < -0.4 is 10.5 Å². The number of halogens is 1. The fraction of sp³-hybridized carbons (Fsp3) is 0.462. The highest BCUT2D eigenvalue weighted by atomic mass is 19.1. The first-order chi connectivity index (χ1) is 8.10. The molecule has 17 heavy (non-hydrogen) atoms. The SMILES string of the molecule is COc1cccc(CC(=O)C(C)CCN)c1F. The van der Waals surface area contributed by atoms with Crippen LogP contribution >= 0.6 is 0 Å². The Morgan fingerprint density at radius 2 is 2.24 bits per heavy atom. The Hall–Kier alpha value is -1.42. The minimum Gasteiger partial charge on any atom is -0.494 e. The predicted octanol–water partition coefficient (Wildman–Crippen LogP) is 1.93. The summed E-state index contributed by atoms with van der Waals surface area (Å²) in [5.41, 5.74) is 5.76. The van der Waals surface area contributed by atoms with Crippen molar-refractivity contribution < 1.29 is 13.9 Å². The Kier molecular flexibility index (Phi) is 5.10. The van der Waals surface area contributed by atoms with Gasteiger partial charge in [0.25, 0.3) is 0 Å². The summed E-state index contributed by atoms with van der Waals surface area (Å²) in [7, 11) is 1.40. The van der Waals surface area contributed by atoms with Gasteiger partial charge in [-0.25, -0.2) is 4.39 Å². The fourth-order valence-electron chi connectivity index (χ4n) is 1.62. The molecule has 1 atom stereocenters. The number of Topliss-reactive ketones (excluding diaryl/α,β-unsaturated/α-hetero) is 1. The standard InChI is InChI=1S/C13H18FNO2/c1-9(6-7-15)11(16)8-10-4-3-5-12(17-2)13(10)14/h3-5,9H,6-8,15H2,1-2H3. The van der Waals surface area contributed by atoms with Crippen molar-refractivity contribution in [3.63, 3.8) is 0 Å². The van der Waals surface area contributed by atoms with Crippen molar-refractivity contribution in [2.75, 3.05) is 13.7 Å². The maximum absolute atomic E-state index is 13.8. The number of hydrogen-bond donors (Lipinski definition) is 1. The summed E-state index contributed by atoms with van der Waals surface area (Å²) in [6.45, 7) is 2.28. The van der Waals surface area contributed by atoms with Gasteiger partial charge in [-0.15, -0.1) is 0 Å². The summed E-state index contributed by atoms with van der Waals surface area (Å²) >= 11 is 0. The minimum atomic E-state index is -0.455. The zero-order valence-corrected chi connectivity index (χ0v) is 10.2. The zero-order chi connectivity index (χ0) is 12.8. The molecule has 3 nitrogen and oxygen atoms in total. The molecule has 1 aromatic rings. The lowest BCUT2D eigenvalue weighted by Crippen LogP contribution is -2.18. The maximum Gasteiger partial charge on any atom is 0.168 e. The molecule has 2 N–H and O–H groups in total. The minimum absolute atomic E-state index is 0.00241. The van der Waals surface area contributed by atoms with Gasteiger partial charge in [0.05, 0.1) is 7.11 Å². The molecule has 0 bridgehead atoms. The average Bonchev–Trinajstić information content (AvgIpc) is 2.32. The van der Waals surface area contributed by atoms with Crippen LogP contribution in [0.3, 0.4) is 0 Å². The number of ether oxygens (including phenoxy) is 1. The fourth-order valence-corrected chi connectivity index (χ4v) is 1.62. The maximum atomic E-state index is 13.8. The van der Waals surface area contributed by atoms with Gasteiger partial charge in [0.15, 0.2) is 11.6 Å². The van der Waals surface area contributed by atoms with Crippen LogP contribution in [0, 0.1) is 11.7 Å². The molecular formula is C13H18FNO2. The van der Waals surface area contributed by atoms with Crippen molar-refractivity contribution in [1.29, 1.82) is 0 Å². The van der Waals surface area contributed by atoms with Crippen LogP contribution in [0.15, 0.2) is 18.2 Å². The van der Waals surface area contributed by atoms with E-state index in [0.717, 1.165) is 0 Å². The first-order valence-electron chi connectivity index (χ1n) is 5.64. The van der Waals surface area contributed by atoms with Crippen molar-refractivity contribution in [1.82, 2.24) is 0 Å². The lowest BCUT2D eigenvalue weighted by molar-refractivity contribution is -0.121. The number of benzene rings is 1. The van der Waals surface area contributed by atoms with Gasteiger partial charge in [0.1, 0.15) is 5.78 Å². The molecule has 0 aliphatic rings. The van der Waals surface area contributed by atoms with Crippen molar-refractivity contribution in [3.8, 4) is 5.75 Å². The lowest BCUT2D eigenvalue weighted by Gasteiger charge is -2.10. The molecule has 0 amide bonds. The second kappa shape index (κ2) is 6.35. The molecule has 0 fully saturated rings. The average molecular weight is 239 g/mol. The molecular weight excluding hydrogens is 221 g/mol. The van der Waals surface area contributed by atoms with Gasteiger partial charge in [0.2, 0.25) is 0 Å². The monoisotopic (exact) mass is 239 g/mol. The number of nitrogens with two attached hydrogens (primary N) is 1. The molecule has 0 heterocycles. The third-order valence-corrected chi connectivity index (χ3v) is 2.78. The van der Waals surface area contributed by atoms with Crippen LogP contribution in [0.25, 0.3) is 0 Å². The summed E-state index contributed by atoms with van der Waals surface area (Å²) in [4.78, 5) is 11.8. The van der Waals surface area contributed by atoms with E-state index in [9.17, 15) is 9.18 Å². The highest BCUT2D eigenvalue weighted by Gasteiger charge is 2.16. The molecule has 0 saturated heterocycles. The molecule has 1 unspecified atom stereocenters. The van der Waals surface area contributed by atoms with Crippen LogP contribution in [0.5, 0.6) is 5.75 Å². The van der Waals surface area contributed by atoms with Crippen molar-refractivity contribution >= 4 is 5.78 Å². The third-order valence-electron chi connectivity index (χ3n) is 2.78. The molecule has 0 aliphatic carbocycles. The predicted molar refractivity (Wildman–Crippen MR) is 64.5 cm³/mol. The van der Waals surface area contributed by atoms with E-state index in [-0.39, 0.29) is 23.9 Å². The summed E-state index contributed by atoms with van der Waals surface area (Å²) in [5, 5.41) is 0. The van der Waals surface area contributed by atoms with E-state index in [0.29, 0.717) is 18.5 Å². The van der Waals surface area contributed by atoms with Crippen molar-refractivity contribution in [3.05, 3.63) is 29.6 Å². The summed E-state index contributed by atoms with van der Waals surface area (Å²) < 4.78 is 18.6. The van der Waals surface area contributed by atoms with Crippen LogP contribution in [-0.4, -0.2) is 19.4 Å². The Labute approximate surface area is 101 Å². The van der Waals surface area contributed by atoms with Gasteiger partial charge < -0.3 is 10.5 Å². The molecule has 94 valence electrons. The van der Waals surface area contributed by atoms with Crippen molar-refractivity contribution in [2.24, 2.45) is 11.7 Å². The number of ketones is 1. The largest absolute Gasteiger partial charge is 0.494 e. The second-order valence-corrected chi connectivity index (χ2v) is 4.05. The highest BCUT2D eigenvalue weighted by molar-refractivity contribution is 5.83. The highest BCUT2D eigenvalue weighted by Crippen LogP contribution is 2.21. The van der Waals surface area contributed by atoms with E-state index in [2.05, 4.69) is 0 Å². The smallest absolute Gasteiger partial charge is 0.168 e. The van der Waals surface area contributed by atoms with Gasteiger partial charge in [-0.2, -0.15) is 0 Å². The Balaban J connectivity index is 2.78. The van der Waals surface area contributed by atoms with Crippen LogP contribution in [0.1, 0.15) is 18.9 Å². The molecule has 0 aromatic heterocycles. The summed E-state index contributed by atoms with van der Waals surface area (Å²) in [5.74, 6) is -0.418. The molecule has 1 rings (SSSR count). The molecule has 0 radical (unpaired) electrons. The van der Waals surface area contributed by atoms with Crippen molar-refractivity contribution in [2.45, 2.75) is 19.8 Å². The quantitative estimate of drug-likeness (QED) is 0.825. The van der Waals surface area contributed by atoms with Gasteiger partial charge in [0, 0.05) is 12.3 Å². The Morgan fingerprint density at radius 3 is 2.82 bits per heavy atom. The lowest BCUT2D eigenvalue weighted by atomic mass is 9.96. The first kappa shape index (κ1) is 13.6. The van der Waals surface area contributed by atoms with E-state index in [1.807, 2.05) is 6.92 Å². The van der Waals surface area contributed by atoms with E-state index >= 15 is 0 Å². The molecule has 0 aliphatic heterocycles. The van der Waals surface area contributed by atoms with E-state index < -0.39 is 5.82 Å². The molecule has 0 spiro atoms. The number of methoxy groups -OCH3 is 1.